The minimum absolute atomic E-state index is 0.0639. The number of aliphatic hydroxyl groups excluding tert-OH is 1. The van der Waals surface area contributed by atoms with E-state index in [2.05, 4.69) is 15.2 Å². The van der Waals surface area contributed by atoms with Crippen LogP contribution in [0, 0.1) is 0 Å². The molecule has 0 unspecified atom stereocenters. The van der Waals surface area contributed by atoms with Gasteiger partial charge in [-0.2, -0.15) is 0 Å². The van der Waals surface area contributed by atoms with Crippen molar-refractivity contribution in [3.8, 4) is 10.6 Å². The summed E-state index contributed by atoms with van der Waals surface area (Å²) in [6, 6.07) is 7.80. The van der Waals surface area contributed by atoms with Gasteiger partial charge in [0, 0.05) is 41.8 Å². The van der Waals surface area contributed by atoms with E-state index in [4.69, 9.17) is 0 Å². The van der Waals surface area contributed by atoms with Crippen molar-refractivity contribution in [3.63, 3.8) is 0 Å². The summed E-state index contributed by atoms with van der Waals surface area (Å²) in [6.07, 6.45) is 5.15. The maximum absolute atomic E-state index is 12.4. The van der Waals surface area contributed by atoms with Gasteiger partial charge in [-0.15, -0.1) is 11.3 Å². The first kappa shape index (κ1) is 17.1. The lowest BCUT2D eigenvalue weighted by Crippen LogP contribution is -2.45. The molecule has 6 heteroatoms. The third-order valence-corrected chi connectivity index (χ3v) is 5.27. The molecule has 2 N–H and O–H groups in total. The lowest BCUT2D eigenvalue weighted by Gasteiger charge is -2.34. The molecule has 0 bridgehead atoms. The van der Waals surface area contributed by atoms with Gasteiger partial charge in [0.05, 0.1) is 6.61 Å². The SMILES string of the molecule is O=C(NCCN1CCCC[C@@H]1CO)c1cccc(-c2nccs2)c1. The molecule has 0 saturated carbocycles. The summed E-state index contributed by atoms with van der Waals surface area (Å²) in [5.41, 5.74) is 1.62. The Kier molecular flexibility index (Phi) is 5.96. The molecule has 2 aromatic rings. The maximum Gasteiger partial charge on any atom is 0.251 e. The van der Waals surface area contributed by atoms with Crippen LogP contribution in [0.4, 0.5) is 0 Å². The van der Waals surface area contributed by atoms with E-state index in [1.54, 1.807) is 17.5 Å². The van der Waals surface area contributed by atoms with Crippen molar-refractivity contribution < 1.29 is 9.90 Å². The van der Waals surface area contributed by atoms with Gasteiger partial charge in [0.25, 0.3) is 5.91 Å². The molecule has 0 spiro atoms. The van der Waals surface area contributed by atoms with Crippen LogP contribution in [0.5, 0.6) is 0 Å². The van der Waals surface area contributed by atoms with Gasteiger partial charge in [-0.1, -0.05) is 18.6 Å². The Hall–Kier alpha value is -1.76. The molecule has 1 aliphatic heterocycles. The third-order valence-electron chi connectivity index (χ3n) is 4.45. The number of aromatic nitrogens is 1. The van der Waals surface area contributed by atoms with Gasteiger partial charge in [0.15, 0.2) is 0 Å². The Bertz CT molecular complexity index is 660. The van der Waals surface area contributed by atoms with Crippen molar-refractivity contribution in [1.29, 1.82) is 0 Å². The molecule has 128 valence electrons. The third kappa shape index (κ3) is 4.20. The van der Waals surface area contributed by atoms with Crippen LogP contribution in [0.25, 0.3) is 10.6 Å². The van der Waals surface area contributed by atoms with Gasteiger partial charge in [-0.3, -0.25) is 9.69 Å². The molecule has 1 fully saturated rings. The molecule has 24 heavy (non-hydrogen) atoms. The van der Waals surface area contributed by atoms with Gasteiger partial charge in [-0.25, -0.2) is 4.98 Å². The number of carbonyl (C=O) groups is 1. The number of carbonyl (C=O) groups excluding carboxylic acids is 1. The van der Waals surface area contributed by atoms with Gasteiger partial charge in [0.2, 0.25) is 0 Å². The molecule has 1 aromatic carbocycles. The van der Waals surface area contributed by atoms with Crippen LogP contribution < -0.4 is 5.32 Å². The monoisotopic (exact) mass is 345 g/mol. The minimum atomic E-state index is -0.0639. The number of aliphatic hydroxyl groups is 1. The number of benzene rings is 1. The van der Waals surface area contributed by atoms with Gasteiger partial charge in [-0.05, 0) is 31.5 Å². The molecule has 1 aromatic heterocycles. The summed E-state index contributed by atoms with van der Waals surface area (Å²) < 4.78 is 0. The van der Waals surface area contributed by atoms with E-state index in [1.165, 1.54) is 12.8 Å². The largest absolute Gasteiger partial charge is 0.395 e. The van der Waals surface area contributed by atoms with Crippen molar-refractivity contribution in [2.45, 2.75) is 25.3 Å². The molecular weight excluding hydrogens is 322 g/mol. The van der Waals surface area contributed by atoms with Crippen LogP contribution in [-0.4, -0.2) is 53.2 Å². The summed E-state index contributed by atoms with van der Waals surface area (Å²) in [5, 5.41) is 15.3. The maximum atomic E-state index is 12.4. The lowest BCUT2D eigenvalue weighted by molar-refractivity contribution is 0.0849. The Labute approximate surface area is 146 Å². The van der Waals surface area contributed by atoms with E-state index < -0.39 is 0 Å². The number of likely N-dealkylation sites (tertiary alicyclic amines) is 1. The predicted octanol–water partition coefficient (Wildman–Crippen LogP) is 2.39. The fourth-order valence-electron chi connectivity index (χ4n) is 3.14. The summed E-state index contributed by atoms with van der Waals surface area (Å²) >= 11 is 1.56. The smallest absolute Gasteiger partial charge is 0.251 e. The van der Waals surface area contributed by atoms with Gasteiger partial charge in [0.1, 0.15) is 5.01 Å². The summed E-state index contributed by atoms with van der Waals surface area (Å²) in [6.45, 7) is 2.57. The fourth-order valence-corrected chi connectivity index (χ4v) is 3.77. The second-order valence-electron chi connectivity index (χ2n) is 6.04. The molecule has 1 aliphatic rings. The number of rotatable bonds is 6. The molecule has 0 aliphatic carbocycles. The van der Waals surface area contributed by atoms with E-state index in [1.807, 2.05) is 29.6 Å². The van der Waals surface area contributed by atoms with Crippen molar-refractivity contribution in [3.05, 3.63) is 41.4 Å². The standard InChI is InChI=1S/C18H23N3O2S/c22-13-16-6-1-2-9-21(16)10-7-19-17(23)14-4-3-5-15(12-14)18-20-8-11-24-18/h3-5,8,11-12,16,22H,1-2,6-7,9-10,13H2,(H,19,23)/t16-/m1/s1. The Balaban J connectivity index is 1.54. The molecule has 1 atom stereocenters. The first-order chi connectivity index (χ1) is 11.8. The number of hydrogen-bond donors (Lipinski definition) is 2. The average molecular weight is 345 g/mol. The van der Waals surface area contributed by atoms with E-state index in [9.17, 15) is 9.90 Å². The number of thiazole rings is 1. The molecular formula is C18H23N3O2S. The second-order valence-corrected chi connectivity index (χ2v) is 6.94. The number of nitrogens with one attached hydrogen (secondary N) is 1. The Morgan fingerprint density at radius 3 is 3.12 bits per heavy atom. The van der Waals surface area contributed by atoms with E-state index in [-0.39, 0.29) is 18.6 Å². The lowest BCUT2D eigenvalue weighted by atomic mass is 10.0. The van der Waals surface area contributed by atoms with Crippen molar-refractivity contribution >= 4 is 17.2 Å². The molecule has 3 rings (SSSR count). The Morgan fingerprint density at radius 1 is 1.42 bits per heavy atom. The van der Waals surface area contributed by atoms with Gasteiger partial charge < -0.3 is 10.4 Å². The highest BCUT2D eigenvalue weighted by atomic mass is 32.1. The van der Waals surface area contributed by atoms with Crippen LogP contribution in [0.2, 0.25) is 0 Å². The number of hydrogen-bond acceptors (Lipinski definition) is 5. The average Bonchev–Trinajstić information content (AvgIpc) is 3.17. The molecule has 1 amide bonds. The molecule has 2 heterocycles. The zero-order valence-electron chi connectivity index (χ0n) is 13.6. The summed E-state index contributed by atoms with van der Waals surface area (Å²) in [7, 11) is 0. The molecule has 1 saturated heterocycles. The normalized spacial score (nSPS) is 18.5. The van der Waals surface area contributed by atoms with E-state index >= 15 is 0 Å². The van der Waals surface area contributed by atoms with Crippen LogP contribution in [-0.2, 0) is 0 Å². The summed E-state index contributed by atoms with van der Waals surface area (Å²) in [4.78, 5) is 18.9. The van der Waals surface area contributed by atoms with Crippen LogP contribution in [0.15, 0.2) is 35.8 Å². The first-order valence-corrected chi connectivity index (χ1v) is 9.29. The first-order valence-electron chi connectivity index (χ1n) is 8.41. The van der Waals surface area contributed by atoms with Crippen LogP contribution in [0.1, 0.15) is 29.6 Å². The van der Waals surface area contributed by atoms with Crippen LogP contribution in [0.3, 0.4) is 0 Å². The Morgan fingerprint density at radius 2 is 2.33 bits per heavy atom. The van der Waals surface area contributed by atoms with Crippen LogP contribution >= 0.6 is 11.3 Å². The van der Waals surface area contributed by atoms with E-state index in [0.29, 0.717) is 12.1 Å². The molecule has 5 nitrogen and oxygen atoms in total. The number of piperidine rings is 1. The minimum Gasteiger partial charge on any atom is -0.395 e. The fraction of sp³-hybridized carbons (Fsp3) is 0.444. The highest BCUT2D eigenvalue weighted by Crippen LogP contribution is 2.22. The van der Waals surface area contributed by atoms with Crippen molar-refractivity contribution in [2.75, 3.05) is 26.2 Å². The summed E-state index contributed by atoms with van der Waals surface area (Å²) in [5.74, 6) is -0.0639. The predicted molar refractivity (Wildman–Crippen MR) is 96.2 cm³/mol. The van der Waals surface area contributed by atoms with Crippen molar-refractivity contribution in [1.82, 2.24) is 15.2 Å². The highest BCUT2D eigenvalue weighted by molar-refractivity contribution is 7.13. The van der Waals surface area contributed by atoms with E-state index in [0.717, 1.165) is 30.1 Å². The van der Waals surface area contributed by atoms with Gasteiger partial charge >= 0.3 is 0 Å². The zero-order valence-corrected chi connectivity index (χ0v) is 14.5. The highest BCUT2D eigenvalue weighted by Gasteiger charge is 2.21. The zero-order chi connectivity index (χ0) is 16.8. The van der Waals surface area contributed by atoms with Crippen molar-refractivity contribution in [2.24, 2.45) is 0 Å². The second kappa shape index (κ2) is 8.37. The topological polar surface area (TPSA) is 65.5 Å². The number of nitrogens with zero attached hydrogens (tertiary/aromatic N) is 2. The quantitative estimate of drug-likeness (QED) is 0.844. The molecule has 0 radical (unpaired) electrons. The number of amides is 1.